The van der Waals surface area contributed by atoms with Crippen molar-refractivity contribution in [2.24, 2.45) is 0 Å². The van der Waals surface area contributed by atoms with E-state index in [1.165, 1.54) is 4.90 Å². The topological polar surface area (TPSA) is 82.2 Å². The van der Waals surface area contributed by atoms with E-state index < -0.39 is 6.10 Å². The van der Waals surface area contributed by atoms with E-state index in [-0.39, 0.29) is 11.5 Å². The van der Waals surface area contributed by atoms with Crippen molar-refractivity contribution in [1.82, 2.24) is 5.32 Å². The number of aryl methyl sites for hydroxylation is 2. The number of hydrogen-bond acceptors (Lipinski definition) is 5. The second-order valence-corrected chi connectivity index (χ2v) is 7.57. The third kappa shape index (κ3) is 5.36. The Bertz CT molecular complexity index is 902. The molecule has 7 heteroatoms. The summed E-state index contributed by atoms with van der Waals surface area (Å²) in [5.41, 5.74) is 1.87. The van der Waals surface area contributed by atoms with Gasteiger partial charge in [-0.25, -0.2) is 4.79 Å². The third-order valence-electron chi connectivity index (χ3n) is 5.37. The van der Waals surface area contributed by atoms with Crippen molar-refractivity contribution in [3.63, 3.8) is 0 Å². The highest BCUT2D eigenvalue weighted by molar-refractivity contribution is 5.85. The molecule has 1 fully saturated rings. The van der Waals surface area contributed by atoms with E-state index in [0.717, 1.165) is 62.2 Å². The lowest BCUT2D eigenvalue weighted by molar-refractivity contribution is -0.906. The van der Waals surface area contributed by atoms with Gasteiger partial charge in [0.1, 0.15) is 24.4 Å². The van der Waals surface area contributed by atoms with Gasteiger partial charge in [0.2, 0.25) is 0 Å². The van der Waals surface area contributed by atoms with Gasteiger partial charge in [0.05, 0.1) is 26.3 Å². The molecule has 1 amide bonds. The molecule has 1 aromatic carbocycles. The van der Waals surface area contributed by atoms with Gasteiger partial charge in [-0.1, -0.05) is 13.3 Å². The number of fused-ring (bicyclic) bond motifs is 1. The highest BCUT2D eigenvalue weighted by atomic mass is 16.5. The number of rotatable bonds is 8. The molecular weight excluding hydrogens is 372 g/mol. The smallest absolute Gasteiger partial charge is 0.336 e. The predicted molar refractivity (Wildman–Crippen MR) is 111 cm³/mol. The average molecular weight is 403 g/mol. The van der Waals surface area contributed by atoms with Crippen LogP contribution in [0.15, 0.2) is 27.4 Å². The average Bonchev–Trinajstić information content (AvgIpc) is 2.71. The summed E-state index contributed by atoms with van der Waals surface area (Å²) in [6.07, 6.45) is 1.11. The van der Waals surface area contributed by atoms with Gasteiger partial charge >= 0.3 is 5.63 Å². The van der Waals surface area contributed by atoms with Gasteiger partial charge in [-0.2, -0.15) is 0 Å². The van der Waals surface area contributed by atoms with Crippen molar-refractivity contribution in [2.75, 3.05) is 39.4 Å². The first-order valence-corrected chi connectivity index (χ1v) is 10.4. The monoisotopic (exact) mass is 403 g/mol. The zero-order chi connectivity index (χ0) is 20.8. The van der Waals surface area contributed by atoms with Gasteiger partial charge in [-0.3, -0.25) is 4.79 Å². The fourth-order valence-electron chi connectivity index (χ4n) is 3.67. The summed E-state index contributed by atoms with van der Waals surface area (Å²) >= 11 is 0. The predicted octanol–water partition coefficient (Wildman–Crippen LogP) is 0.853. The molecule has 2 heterocycles. The molecule has 1 aliphatic heterocycles. The molecular formula is C22H31N2O5+. The van der Waals surface area contributed by atoms with Gasteiger partial charge in [0.25, 0.3) is 5.91 Å². The Morgan fingerprint density at radius 1 is 1.31 bits per heavy atom. The van der Waals surface area contributed by atoms with Crippen molar-refractivity contribution < 1.29 is 23.6 Å². The van der Waals surface area contributed by atoms with E-state index in [1.807, 2.05) is 19.1 Å². The van der Waals surface area contributed by atoms with E-state index in [0.29, 0.717) is 17.9 Å². The largest absolute Gasteiger partial charge is 0.480 e. The minimum atomic E-state index is -0.642. The maximum Gasteiger partial charge on any atom is 0.336 e. The van der Waals surface area contributed by atoms with Crippen LogP contribution < -0.4 is 20.6 Å². The molecule has 1 aromatic heterocycles. The zero-order valence-corrected chi connectivity index (χ0v) is 17.5. The molecule has 0 radical (unpaired) electrons. The zero-order valence-electron chi connectivity index (χ0n) is 17.5. The van der Waals surface area contributed by atoms with Crippen LogP contribution >= 0.6 is 0 Å². The molecule has 0 saturated carbocycles. The standard InChI is InChI=1S/C22H30N2O5/c1-4-5-17-14-20(25)29-21-15(2)19(7-6-18(17)21)28-16(3)22(26)23-8-9-24-10-12-27-13-11-24/h6-7,14,16H,4-5,8-13H2,1-3H3,(H,23,26)/p+1/t16-/m1/s1. The SMILES string of the molecule is CCCc1cc(=O)oc2c(C)c(O[C@H](C)C(=O)NCC[NH+]3CCOCC3)ccc12. The Morgan fingerprint density at radius 3 is 2.79 bits per heavy atom. The lowest BCUT2D eigenvalue weighted by Crippen LogP contribution is -3.14. The Labute approximate surface area is 171 Å². The van der Waals surface area contributed by atoms with Crippen molar-refractivity contribution in [3.8, 4) is 5.75 Å². The van der Waals surface area contributed by atoms with Crippen molar-refractivity contribution >= 4 is 16.9 Å². The summed E-state index contributed by atoms with van der Waals surface area (Å²) in [4.78, 5) is 25.8. The molecule has 0 aliphatic carbocycles. The van der Waals surface area contributed by atoms with Crippen LogP contribution in [0, 0.1) is 6.92 Å². The highest BCUT2D eigenvalue weighted by Gasteiger charge is 2.19. The molecule has 3 rings (SSSR count). The second-order valence-electron chi connectivity index (χ2n) is 7.57. The molecule has 0 unspecified atom stereocenters. The summed E-state index contributed by atoms with van der Waals surface area (Å²) in [6.45, 7) is 10.6. The second kappa shape index (κ2) is 9.89. The van der Waals surface area contributed by atoms with Crippen LogP contribution in [0.5, 0.6) is 5.75 Å². The Hall–Kier alpha value is -2.38. The maximum atomic E-state index is 12.4. The van der Waals surface area contributed by atoms with E-state index >= 15 is 0 Å². The fourth-order valence-corrected chi connectivity index (χ4v) is 3.67. The minimum Gasteiger partial charge on any atom is -0.480 e. The van der Waals surface area contributed by atoms with Crippen molar-refractivity contribution in [3.05, 3.63) is 39.7 Å². The maximum absolute atomic E-state index is 12.4. The molecule has 2 N–H and O–H groups in total. The number of quaternary nitrogens is 1. The number of nitrogens with one attached hydrogen (secondary N) is 2. The molecule has 2 aromatic rings. The number of amides is 1. The molecule has 29 heavy (non-hydrogen) atoms. The normalized spacial score (nSPS) is 16.0. The summed E-state index contributed by atoms with van der Waals surface area (Å²) in [7, 11) is 0. The van der Waals surface area contributed by atoms with Gasteiger partial charge in [0.15, 0.2) is 6.10 Å². The number of carbonyl (C=O) groups excluding carboxylic acids is 1. The summed E-state index contributed by atoms with van der Waals surface area (Å²) in [5, 5.41) is 3.86. The van der Waals surface area contributed by atoms with Crippen molar-refractivity contribution in [1.29, 1.82) is 0 Å². The summed E-state index contributed by atoms with van der Waals surface area (Å²) in [6, 6.07) is 5.30. The van der Waals surface area contributed by atoms with Crippen LogP contribution in [-0.4, -0.2) is 51.4 Å². The molecule has 1 atom stereocenters. The van der Waals surface area contributed by atoms with Crippen LogP contribution in [0.25, 0.3) is 11.0 Å². The Balaban J connectivity index is 1.64. The minimum absolute atomic E-state index is 0.154. The van der Waals surface area contributed by atoms with Gasteiger partial charge in [-0.05, 0) is 38.0 Å². The van der Waals surface area contributed by atoms with Crippen LogP contribution in [0.2, 0.25) is 0 Å². The Morgan fingerprint density at radius 2 is 2.07 bits per heavy atom. The van der Waals surface area contributed by atoms with E-state index in [9.17, 15) is 9.59 Å². The quantitative estimate of drug-likeness (QED) is 0.639. The first-order valence-electron chi connectivity index (χ1n) is 10.4. The first-order chi connectivity index (χ1) is 14.0. The lowest BCUT2D eigenvalue weighted by atomic mass is 10.0. The van der Waals surface area contributed by atoms with Gasteiger partial charge in [0, 0.05) is 17.0 Å². The molecule has 7 nitrogen and oxygen atoms in total. The summed E-state index contributed by atoms with van der Waals surface area (Å²) in [5.74, 6) is 0.397. The number of carbonyl (C=O) groups is 1. The van der Waals surface area contributed by atoms with Crippen LogP contribution in [0.3, 0.4) is 0 Å². The number of hydrogen-bond donors (Lipinski definition) is 2. The van der Waals surface area contributed by atoms with Crippen molar-refractivity contribution in [2.45, 2.75) is 39.7 Å². The number of benzene rings is 1. The fraction of sp³-hybridized carbons (Fsp3) is 0.545. The number of morpholine rings is 1. The molecule has 0 bridgehead atoms. The van der Waals surface area contributed by atoms with Crippen LogP contribution in [0.1, 0.15) is 31.4 Å². The van der Waals surface area contributed by atoms with E-state index in [2.05, 4.69) is 12.2 Å². The lowest BCUT2D eigenvalue weighted by Gasteiger charge is -2.24. The third-order valence-corrected chi connectivity index (χ3v) is 5.37. The molecule has 158 valence electrons. The molecule has 1 saturated heterocycles. The van der Waals surface area contributed by atoms with Crippen LogP contribution in [-0.2, 0) is 16.0 Å². The summed E-state index contributed by atoms with van der Waals surface area (Å²) < 4.78 is 16.7. The van der Waals surface area contributed by atoms with E-state index in [4.69, 9.17) is 13.9 Å². The molecule has 0 spiro atoms. The van der Waals surface area contributed by atoms with E-state index in [1.54, 1.807) is 13.0 Å². The van der Waals surface area contributed by atoms with Gasteiger partial charge in [-0.15, -0.1) is 0 Å². The first kappa shape index (κ1) is 21.3. The Kier molecular flexibility index (Phi) is 7.28. The van der Waals surface area contributed by atoms with Gasteiger partial charge < -0.3 is 24.1 Å². The highest BCUT2D eigenvalue weighted by Crippen LogP contribution is 2.29. The van der Waals surface area contributed by atoms with Crippen LogP contribution in [0.4, 0.5) is 0 Å². The number of ether oxygens (including phenoxy) is 2. The molecule has 1 aliphatic rings.